The summed E-state index contributed by atoms with van der Waals surface area (Å²) in [6.45, 7) is 1.07. The van der Waals surface area contributed by atoms with Gasteiger partial charge in [0.1, 0.15) is 6.04 Å². The van der Waals surface area contributed by atoms with Gasteiger partial charge in [0.05, 0.1) is 11.4 Å². The monoisotopic (exact) mass is 397 g/mol. The highest BCUT2D eigenvalue weighted by molar-refractivity contribution is 7.89. The number of ether oxygens (including phenoxy) is 1. The first kappa shape index (κ1) is 20.8. The maximum absolute atomic E-state index is 12.9. The molecule has 0 aliphatic carbocycles. The standard InChI is InChI=1S/C17H23N3O6S/c1-12-5-7-13(8-6-12)27(24,25)20-9-3-2-4-14(20)17(23)26-11-16(22)19-10-15(18)21/h5-8,14H,2-4,9-11H2,1H3,(H2,18,21)(H,19,22)/t14-/m1/s1. The van der Waals surface area contributed by atoms with Gasteiger partial charge in [0.25, 0.3) is 5.91 Å². The largest absolute Gasteiger partial charge is 0.454 e. The number of primary amides is 1. The first-order chi connectivity index (χ1) is 12.7. The van der Waals surface area contributed by atoms with Gasteiger partial charge in [-0.2, -0.15) is 4.31 Å². The van der Waals surface area contributed by atoms with Crippen molar-refractivity contribution >= 4 is 27.8 Å². The first-order valence-corrected chi connectivity index (χ1v) is 9.96. The Hall–Kier alpha value is -2.46. The number of sulfonamides is 1. The van der Waals surface area contributed by atoms with Crippen LogP contribution in [0.1, 0.15) is 24.8 Å². The molecule has 2 amide bonds. The second-order valence-corrected chi connectivity index (χ2v) is 8.18. The number of rotatable bonds is 7. The first-order valence-electron chi connectivity index (χ1n) is 8.52. The van der Waals surface area contributed by atoms with Crippen molar-refractivity contribution in [2.75, 3.05) is 19.7 Å². The highest BCUT2D eigenvalue weighted by Crippen LogP contribution is 2.26. The van der Waals surface area contributed by atoms with Crippen LogP contribution in [-0.2, 0) is 29.1 Å². The van der Waals surface area contributed by atoms with Crippen LogP contribution in [0.25, 0.3) is 0 Å². The summed E-state index contributed by atoms with van der Waals surface area (Å²) in [5.74, 6) is -2.21. The predicted octanol–water partition coefficient (Wildman–Crippen LogP) is -0.317. The van der Waals surface area contributed by atoms with E-state index in [1.165, 1.54) is 12.1 Å². The summed E-state index contributed by atoms with van der Waals surface area (Å²) >= 11 is 0. The molecule has 1 aromatic rings. The lowest BCUT2D eigenvalue weighted by atomic mass is 10.1. The average Bonchev–Trinajstić information content (AvgIpc) is 2.64. The number of nitrogens with two attached hydrogens (primary N) is 1. The fourth-order valence-electron chi connectivity index (χ4n) is 2.74. The molecule has 0 radical (unpaired) electrons. The number of piperidine rings is 1. The smallest absolute Gasteiger partial charge is 0.324 e. The molecule has 3 N–H and O–H groups in total. The minimum atomic E-state index is -3.86. The molecule has 148 valence electrons. The number of carbonyl (C=O) groups excluding carboxylic acids is 3. The molecule has 1 atom stereocenters. The van der Waals surface area contributed by atoms with Gasteiger partial charge in [0, 0.05) is 6.54 Å². The fourth-order valence-corrected chi connectivity index (χ4v) is 4.39. The number of nitrogens with zero attached hydrogens (tertiary/aromatic N) is 1. The van der Waals surface area contributed by atoms with Gasteiger partial charge in [-0.3, -0.25) is 14.4 Å². The molecule has 1 aliphatic rings. The van der Waals surface area contributed by atoms with Gasteiger partial charge in [-0.15, -0.1) is 0 Å². The summed E-state index contributed by atoms with van der Waals surface area (Å²) in [6.07, 6.45) is 1.62. The molecule has 0 bridgehead atoms. The molecular formula is C17H23N3O6S. The SMILES string of the molecule is Cc1ccc(S(=O)(=O)N2CCCC[C@@H]2C(=O)OCC(=O)NCC(N)=O)cc1. The summed E-state index contributed by atoms with van der Waals surface area (Å²) in [5, 5.41) is 2.19. The Morgan fingerprint density at radius 3 is 2.52 bits per heavy atom. The number of hydrogen-bond acceptors (Lipinski definition) is 6. The van der Waals surface area contributed by atoms with E-state index in [1.807, 2.05) is 6.92 Å². The minimum Gasteiger partial charge on any atom is -0.454 e. The summed E-state index contributed by atoms with van der Waals surface area (Å²) in [4.78, 5) is 34.7. The van der Waals surface area contributed by atoms with E-state index in [1.54, 1.807) is 12.1 Å². The summed E-state index contributed by atoms with van der Waals surface area (Å²) in [7, 11) is -3.86. The molecule has 0 aromatic heterocycles. The van der Waals surface area contributed by atoms with Crippen molar-refractivity contribution < 1.29 is 27.5 Å². The number of carbonyl (C=O) groups is 3. The van der Waals surface area contributed by atoms with E-state index in [0.29, 0.717) is 19.3 Å². The van der Waals surface area contributed by atoms with Crippen LogP contribution in [0.4, 0.5) is 0 Å². The molecule has 2 rings (SSSR count). The van der Waals surface area contributed by atoms with E-state index >= 15 is 0 Å². The van der Waals surface area contributed by atoms with E-state index in [-0.39, 0.29) is 18.0 Å². The van der Waals surface area contributed by atoms with Gasteiger partial charge < -0.3 is 15.8 Å². The van der Waals surface area contributed by atoms with E-state index < -0.39 is 40.5 Å². The molecule has 1 fully saturated rings. The van der Waals surface area contributed by atoms with Crippen LogP contribution in [0.15, 0.2) is 29.2 Å². The lowest BCUT2D eigenvalue weighted by molar-refractivity contribution is -0.153. The number of aryl methyl sites for hydroxylation is 1. The highest BCUT2D eigenvalue weighted by atomic mass is 32.2. The van der Waals surface area contributed by atoms with Crippen molar-refractivity contribution in [3.05, 3.63) is 29.8 Å². The summed E-state index contributed by atoms with van der Waals surface area (Å²) < 4.78 is 31.9. The quantitative estimate of drug-likeness (QED) is 0.606. The van der Waals surface area contributed by atoms with Gasteiger partial charge in [-0.1, -0.05) is 17.7 Å². The Morgan fingerprint density at radius 2 is 1.89 bits per heavy atom. The van der Waals surface area contributed by atoms with Crippen molar-refractivity contribution in [2.24, 2.45) is 5.73 Å². The number of nitrogens with one attached hydrogen (secondary N) is 1. The fraction of sp³-hybridized carbons (Fsp3) is 0.471. The van der Waals surface area contributed by atoms with Crippen molar-refractivity contribution in [3.63, 3.8) is 0 Å². The van der Waals surface area contributed by atoms with Crippen LogP contribution < -0.4 is 11.1 Å². The predicted molar refractivity (Wildman–Crippen MR) is 95.9 cm³/mol. The number of hydrogen-bond donors (Lipinski definition) is 2. The molecule has 1 aliphatic heterocycles. The zero-order valence-electron chi connectivity index (χ0n) is 15.0. The third-order valence-corrected chi connectivity index (χ3v) is 6.08. The molecule has 0 unspecified atom stereocenters. The van der Waals surface area contributed by atoms with Crippen molar-refractivity contribution in [1.29, 1.82) is 0 Å². The van der Waals surface area contributed by atoms with E-state index in [4.69, 9.17) is 10.5 Å². The maximum atomic E-state index is 12.9. The van der Waals surface area contributed by atoms with Crippen molar-refractivity contribution in [1.82, 2.24) is 9.62 Å². The molecule has 1 heterocycles. The van der Waals surface area contributed by atoms with Gasteiger partial charge in [0.2, 0.25) is 15.9 Å². The maximum Gasteiger partial charge on any atom is 0.324 e. The number of benzene rings is 1. The molecule has 9 nitrogen and oxygen atoms in total. The third-order valence-electron chi connectivity index (χ3n) is 4.16. The molecule has 0 spiro atoms. The molecule has 27 heavy (non-hydrogen) atoms. The summed E-state index contributed by atoms with van der Waals surface area (Å²) in [5.41, 5.74) is 5.83. The zero-order chi connectivity index (χ0) is 20.0. The van der Waals surface area contributed by atoms with E-state index in [0.717, 1.165) is 9.87 Å². The van der Waals surface area contributed by atoms with Gasteiger partial charge in [0.15, 0.2) is 6.61 Å². The van der Waals surface area contributed by atoms with Crippen LogP contribution in [0.2, 0.25) is 0 Å². The van der Waals surface area contributed by atoms with Crippen LogP contribution in [-0.4, -0.2) is 56.2 Å². The van der Waals surface area contributed by atoms with Gasteiger partial charge in [-0.25, -0.2) is 8.42 Å². The Bertz CT molecular complexity index is 806. The molecule has 1 saturated heterocycles. The normalized spacial score (nSPS) is 17.9. The molecule has 10 heteroatoms. The Kier molecular flexibility index (Phi) is 6.92. The van der Waals surface area contributed by atoms with E-state index in [2.05, 4.69) is 5.32 Å². The van der Waals surface area contributed by atoms with Crippen LogP contribution >= 0.6 is 0 Å². The third kappa shape index (κ3) is 5.51. The van der Waals surface area contributed by atoms with Gasteiger partial charge in [-0.05, 0) is 38.3 Å². The van der Waals surface area contributed by atoms with Gasteiger partial charge >= 0.3 is 5.97 Å². The van der Waals surface area contributed by atoms with Crippen molar-refractivity contribution in [2.45, 2.75) is 37.1 Å². The second-order valence-electron chi connectivity index (χ2n) is 6.29. The van der Waals surface area contributed by atoms with Crippen molar-refractivity contribution in [3.8, 4) is 0 Å². The molecule has 1 aromatic carbocycles. The minimum absolute atomic E-state index is 0.104. The number of esters is 1. The lowest BCUT2D eigenvalue weighted by Crippen LogP contribution is -2.49. The Balaban J connectivity index is 2.07. The van der Waals surface area contributed by atoms with E-state index in [9.17, 15) is 22.8 Å². The number of amides is 2. The molecule has 0 saturated carbocycles. The Labute approximate surface area is 157 Å². The average molecular weight is 397 g/mol. The van der Waals surface area contributed by atoms with Crippen LogP contribution in [0.3, 0.4) is 0 Å². The van der Waals surface area contributed by atoms with Crippen LogP contribution in [0, 0.1) is 6.92 Å². The Morgan fingerprint density at radius 1 is 1.22 bits per heavy atom. The van der Waals surface area contributed by atoms with Crippen LogP contribution in [0.5, 0.6) is 0 Å². The highest BCUT2D eigenvalue weighted by Gasteiger charge is 2.38. The summed E-state index contributed by atoms with van der Waals surface area (Å²) in [6, 6.07) is 5.38. The topological polar surface area (TPSA) is 136 Å². The molecular weight excluding hydrogens is 374 g/mol. The second kappa shape index (κ2) is 8.96. The zero-order valence-corrected chi connectivity index (χ0v) is 15.8. The lowest BCUT2D eigenvalue weighted by Gasteiger charge is -2.33.